The van der Waals surface area contributed by atoms with Crippen molar-refractivity contribution in [1.82, 2.24) is 19.6 Å². The molecule has 1 aromatic carbocycles. The van der Waals surface area contributed by atoms with Crippen molar-refractivity contribution in [2.45, 2.75) is 50.9 Å². The van der Waals surface area contributed by atoms with Crippen LogP contribution in [0, 0.1) is 0 Å². The number of carbonyl (C=O) groups is 4. The van der Waals surface area contributed by atoms with E-state index < -0.39 is 24.2 Å². The van der Waals surface area contributed by atoms with Crippen LogP contribution in [-0.2, 0) is 32.0 Å². The molecule has 4 unspecified atom stereocenters. The molecular formula is C22H30N4O4. The molecule has 4 amide bonds. The van der Waals surface area contributed by atoms with Gasteiger partial charge in [-0.25, -0.2) is 0 Å². The molecule has 2 aliphatic heterocycles. The highest BCUT2D eigenvalue weighted by Crippen LogP contribution is 2.21. The van der Waals surface area contributed by atoms with Crippen LogP contribution in [0.25, 0.3) is 0 Å². The second-order valence-corrected chi connectivity index (χ2v) is 8.40. The molecule has 0 radical (unpaired) electrons. The van der Waals surface area contributed by atoms with Crippen molar-refractivity contribution in [2.75, 3.05) is 28.2 Å². The summed E-state index contributed by atoms with van der Waals surface area (Å²) in [5, 5.41) is 0. The van der Waals surface area contributed by atoms with E-state index in [0.717, 1.165) is 11.1 Å². The Bertz CT molecular complexity index is 797. The van der Waals surface area contributed by atoms with Crippen molar-refractivity contribution in [3.8, 4) is 0 Å². The maximum Gasteiger partial charge on any atom is 0.246 e. The molecule has 3 rings (SSSR count). The maximum absolute atomic E-state index is 12.6. The first-order valence-corrected chi connectivity index (χ1v) is 10.2. The lowest BCUT2D eigenvalue weighted by Gasteiger charge is -2.41. The Kier molecular flexibility index (Phi) is 5.87. The number of rotatable bonds is 4. The third-order valence-corrected chi connectivity index (χ3v) is 6.65. The molecule has 0 bridgehead atoms. The van der Waals surface area contributed by atoms with Gasteiger partial charge >= 0.3 is 0 Å². The largest absolute Gasteiger partial charge is 0.332 e. The smallest absolute Gasteiger partial charge is 0.246 e. The molecule has 2 saturated heterocycles. The highest BCUT2D eigenvalue weighted by molar-refractivity contribution is 5.97. The molecule has 8 nitrogen and oxygen atoms in total. The minimum absolute atomic E-state index is 0.0689. The lowest BCUT2D eigenvalue weighted by atomic mass is 9.96. The predicted octanol–water partition coefficient (Wildman–Crippen LogP) is 0.147. The third-order valence-electron chi connectivity index (χ3n) is 6.65. The van der Waals surface area contributed by atoms with Crippen LogP contribution >= 0.6 is 0 Å². The topological polar surface area (TPSA) is 81.2 Å². The van der Waals surface area contributed by atoms with Crippen LogP contribution in [0.15, 0.2) is 24.3 Å². The lowest BCUT2D eigenvalue weighted by Crippen LogP contribution is -2.62. The van der Waals surface area contributed by atoms with E-state index in [9.17, 15) is 19.2 Å². The van der Waals surface area contributed by atoms with Gasteiger partial charge in [-0.1, -0.05) is 24.3 Å². The molecule has 2 heterocycles. The summed E-state index contributed by atoms with van der Waals surface area (Å²) in [7, 11) is 6.65. The van der Waals surface area contributed by atoms with Gasteiger partial charge in [0.15, 0.2) is 0 Å². The standard InChI is InChI=1S/C22H30N4O4/c1-13-19(27)25(5)17(21(29)23(13)3)11-15-7-9-16(10-8-15)12-18-22(30)24(4)14(2)20(28)26(18)6/h7-10,13-14,17-18H,11-12H2,1-6H3. The van der Waals surface area contributed by atoms with E-state index in [1.54, 1.807) is 42.0 Å². The average molecular weight is 415 g/mol. The summed E-state index contributed by atoms with van der Waals surface area (Å²) in [6.45, 7) is 3.46. The molecule has 0 aromatic heterocycles. The Labute approximate surface area is 177 Å². The summed E-state index contributed by atoms with van der Waals surface area (Å²) in [4.78, 5) is 56.0. The van der Waals surface area contributed by atoms with E-state index in [1.165, 1.54) is 19.6 Å². The van der Waals surface area contributed by atoms with Crippen LogP contribution in [0.1, 0.15) is 25.0 Å². The SMILES string of the molecule is CC1C(=O)N(C)C(Cc2ccc(CC3C(=O)N(C)C(C)C(=O)N3C)cc2)C(=O)N1C. The van der Waals surface area contributed by atoms with Crippen molar-refractivity contribution >= 4 is 23.6 Å². The maximum atomic E-state index is 12.6. The van der Waals surface area contributed by atoms with Gasteiger partial charge in [-0.3, -0.25) is 19.2 Å². The Balaban J connectivity index is 1.71. The third kappa shape index (κ3) is 3.66. The number of hydrogen-bond acceptors (Lipinski definition) is 4. The fourth-order valence-corrected chi connectivity index (χ4v) is 4.12. The van der Waals surface area contributed by atoms with Gasteiger partial charge in [0, 0.05) is 41.0 Å². The van der Waals surface area contributed by atoms with Gasteiger partial charge in [-0.15, -0.1) is 0 Å². The summed E-state index contributed by atoms with van der Waals surface area (Å²) in [5.41, 5.74) is 1.87. The van der Waals surface area contributed by atoms with Gasteiger partial charge in [0.1, 0.15) is 24.2 Å². The van der Waals surface area contributed by atoms with E-state index in [0.29, 0.717) is 12.8 Å². The molecule has 0 spiro atoms. The second kappa shape index (κ2) is 8.08. The average Bonchev–Trinajstić information content (AvgIpc) is 2.75. The monoisotopic (exact) mass is 414 g/mol. The number of amides is 4. The zero-order chi connectivity index (χ0) is 22.3. The number of hydrogen-bond donors (Lipinski definition) is 0. The van der Waals surface area contributed by atoms with Crippen LogP contribution in [0.2, 0.25) is 0 Å². The van der Waals surface area contributed by atoms with Crippen molar-refractivity contribution in [1.29, 1.82) is 0 Å². The summed E-state index contributed by atoms with van der Waals surface area (Å²) < 4.78 is 0. The van der Waals surface area contributed by atoms with Crippen molar-refractivity contribution in [2.24, 2.45) is 0 Å². The molecule has 0 aliphatic carbocycles. The minimum Gasteiger partial charge on any atom is -0.332 e. The summed E-state index contributed by atoms with van der Waals surface area (Å²) in [6.07, 6.45) is 0.860. The Morgan fingerprint density at radius 3 is 1.17 bits per heavy atom. The van der Waals surface area contributed by atoms with Crippen LogP contribution in [0.3, 0.4) is 0 Å². The van der Waals surface area contributed by atoms with Gasteiger partial charge in [0.2, 0.25) is 23.6 Å². The lowest BCUT2D eigenvalue weighted by molar-refractivity contribution is -0.157. The fraction of sp³-hybridized carbons (Fsp3) is 0.545. The van der Waals surface area contributed by atoms with Gasteiger partial charge in [-0.2, -0.15) is 0 Å². The van der Waals surface area contributed by atoms with E-state index in [4.69, 9.17) is 0 Å². The molecule has 1 aromatic rings. The van der Waals surface area contributed by atoms with Crippen LogP contribution in [-0.4, -0.2) is 95.6 Å². The molecule has 8 heteroatoms. The highest BCUT2D eigenvalue weighted by Gasteiger charge is 2.41. The Morgan fingerprint density at radius 1 is 0.567 bits per heavy atom. The molecule has 30 heavy (non-hydrogen) atoms. The van der Waals surface area contributed by atoms with Crippen LogP contribution in [0.4, 0.5) is 0 Å². The number of nitrogens with zero attached hydrogens (tertiary/aromatic N) is 4. The molecular weight excluding hydrogens is 384 g/mol. The number of piperazine rings is 2. The first-order valence-electron chi connectivity index (χ1n) is 10.2. The van der Waals surface area contributed by atoms with Gasteiger partial charge in [0.05, 0.1) is 0 Å². The predicted molar refractivity (Wildman–Crippen MR) is 111 cm³/mol. The first kappa shape index (κ1) is 21.8. The molecule has 2 aliphatic rings. The van der Waals surface area contributed by atoms with Crippen LogP contribution in [0.5, 0.6) is 0 Å². The summed E-state index contributed by atoms with van der Waals surface area (Å²) >= 11 is 0. The quantitative estimate of drug-likeness (QED) is 0.702. The van der Waals surface area contributed by atoms with E-state index in [2.05, 4.69) is 0 Å². The normalized spacial score (nSPS) is 27.9. The number of benzene rings is 1. The van der Waals surface area contributed by atoms with Crippen molar-refractivity contribution in [3.63, 3.8) is 0 Å². The minimum atomic E-state index is -0.525. The second-order valence-electron chi connectivity index (χ2n) is 8.40. The number of likely N-dealkylation sites (N-methyl/N-ethyl adjacent to an activating group) is 4. The zero-order valence-corrected chi connectivity index (χ0v) is 18.5. The Morgan fingerprint density at radius 2 is 0.867 bits per heavy atom. The summed E-state index contributed by atoms with van der Waals surface area (Å²) in [6, 6.07) is 5.72. The summed E-state index contributed by atoms with van der Waals surface area (Å²) in [5.74, 6) is -0.279. The molecule has 0 saturated carbocycles. The van der Waals surface area contributed by atoms with E-state index in [1.807, 2.05) is 24.3 Å². The fourth-order valence-electron chi connectivity index (χ4n) is 4.12. The molecule has 4 atom stereocenters. The number of carbonyl (C=O) groups excluding carboxylic acids is 4. The van der Waals surface area contributed by atoms with E-state index >= 15 is 0 Å². The highest BCUT2D eigenvalue weighted by atomic mass is 16.2. The zero-order valence-electron chi connectivity index (χ0n) is 18.5. The first-order chi connectivity index (χ1) is 14.0. The molecule has 0 N–H and O–H groups in total. The van der Waals surface area contributed by atoms with Gasteiger partial charge in [0.25, 0.3) is 0 Å². The van der Waals surface area contributed by atoms with Crippen molar-refractivity contribution in [3.05, 3.63) is 35.4 Å². The van der Waals surface area contributed by atoms with Gasteiger partial charge in [-0.05, 0) is 25.0 Å². The van der Waals surface area contributed by atoms with Crippen molar-refractivity contribution < 1.29 is 19.2 Å². The van der Waals surface area contributed by atoms with Crippen LogP contribution < -0.4 is 0 Å². The molecule has 2 fully saturated rings. The van der Waals surface area contributed by atoms with E-state index in [-0.39, 0.29) is 23.6 Å². The Hall–Kier alpha value is -2.90. The molecule has 162 valence electrons. The van der Waals surface area contributed by atoms with Gasteiger partial charge < -0.3 is 19.6 Å².